The Balaban J connectivity index is 2.94. The molecule has 0 bridgehead atoms. The van der Waals surface area contributed by atoms with Crippen molar-refractivity contribution in [1.29, 1.82) is 0 Å². The Morgan fingerprint density at radius 3 is 2.44 bits per heavy atom. The second-order valence-electron chi connectivity index (χ2n) is 3.93. The van der Waals surface area contributed by atoms with E-state index in [1.807, 2.05) is 13.8 Å². The highest BCUT2D eigenvalue weighted by atomic mass is 35.5. The first-order valence-electron chi connectivity index (χ1n) is 5.17. The minimum absolute atomic E-state index is 0.0225. The van der Waals surface area contributed by atoms with Gasteiger partial charge in [-0.3, -0.25) is 4.99 Å². The zero-order valence-electron chi connectivity index (χ0n) is 9.85. The number of guanidine groups is 1. The van der Waals surface area contributed by atoms with E-state index >= 15 is 0 Å². The molecule has 0 saturated carbocycles. The lowest BCUT2D eigenvalue weighted by atomic mass is 10.2. The molecule has 3 N–H and O–H groups in total. The average molecular weight is 280 g/mol. The van der Waals surface area contributed by atoms with Gasteiger partial charge in [-0.05, 0) is 32.0 Å². The highest BCUT2D eigenvalue weighted by molar-refractivity contribution is 6.33. The van der Waals surface area contributed by atoms with Crippen molar-refractivity contribution in [2.45, 2.75) is 26.1 Å². The van der Waals surface area contributed by atoms with Gasteiger partial charge >= 0.3 is 6.18 Å². The van der Waals surface area contributed by atoms with Crippen LogP contribution in [0.3, 0.4) is 0 Å². The number of aliphatic imine (C=N–C) groups is 1. The second-order valence-corrected chi connectivity index (χ2v) is 4.33. The summed E-state index contributed by atoms with van der Waals surface area (Å²) in [6.07, 6.45) is -4.42. The molecule has 0 aliphatic carbocycles. The fourth-order valence-electron chi connectivity index (χ4n) is 1.24. The van der Waals surface area contributed by atoms with E-state index in [1.165, 1.54) is 6.07 Å². The predicted molar refractivity (Wildman–Crippen MR) is 66.8 cm³/mol. The maximum atomic E-state index is 12.4. The lowest BCUT2D eigenvalue weighted by molar-refractivity contribution is -0.137. The molecule has 0 spiro atoms. The normalized spacial score (nSPS) is 12.9. The molecule has 0 heterocycles. The summed E-state index contributed by atoms with van der Waals surface area (Å²) in [5.41, 5.74) is 5.03. The van der Waals surface area contributed by atoms with Crippen LogP contribution in [0.4, 0.5) is 18.9 Å². The molecule has 0 aliphatic heterocycles. The monoisotopic (exact) mass is 279 g/mol. The van der Waals surface area contributed by atoms with E-state index < -0.39 is 11.7 Å². The SMILES string of the molecule is CC(C)N=C(N)Nc1ccc(C(F)(F)F)cc1Cl. The lowest BCUT2D eigenvalue weighted by Gasteiger charge is -2.11. The van der Waals surface area contributed by atoms with E-state index in [-0.39, 0.29) is 22.7 Å². The van der Waals surface area contributed by atoms with Crippen molar-refractivity contribution in [3.63, 3.8) is 0 Å². The first-order chi connectivity index (χ1) is 8.20. The highest BCUT2D eigenvalue weighted by Gasteiger charge is 2.30. The standard InChI is InChI=1S/C11H13ClF3N3/c1-6(2)17-10(16)18-9-4-3-7(5-8(9)12)11(13,14)15/h3-6H,1-2H3,(H3,16,17,18). The Bertz CT molecular complexity index is 455. The topological polar surface area (TPSA) is 50.4 Å². The summed E-state index contributed by atoms with van der Waals surface area (Å²) in [6, 6.07) is 2.96. The summed E-state index contributed by atoms with van der Waals surface area (Å²) < 4.78 is 37.2. The van der Waals surface area contributed by atoms with Crippen LogP contribution in [-0.4, -0.2) is 12.0 Å². The van der Waals surface area contributed by atoms with Gasteiger partial charge in [-0.25, -0.2) is 0 Å². The van der Waals surface area contributed by atoms with Crippen LogP contribution in [0, 0.1) is 0 Å². The van der Waals surface area contributed by atoms with Crippen LogP contribution < -0.4 is 11.1 Å². The minimum Gasteiger partial charge on any atom is -0.370 e. The molecule has 0 unspecified atom stereocenters. The van der Waals surface area contributed by atoms with Gasteiger partial charge in [0.15, 0.2) is 5.96 Å². The summed E-state index contributed by atoms with van der Waals surface area (Å²) in [5.74, 6) is 0.103. The maximum Gasteiger partial charge on any atom is 0.416 e. The van der Waals surface area contributed by atoms with Crippen LogP contribution >= 0.6 is 11.6 Å². The molecule has 0 aromatic heterocycles. The third-order valence-corrected chi connectivity index (χ3v) is 2.27. The average Bonchev–Trinajstić information content (AvgIpc) is 2.18. The van der Waals surface area contributed by atoms with Crippen molar-refractivity contribution in [3.05, 3.63) is 28.8 Å². The number of nitrogens with zero attached hydrogens (tertiary/aromatic N) is 1. The summed E-state index contributed by atoms with van der Waals surface area (Å²) in [5, 5.41) is 2.59. The van der Waals surface area contributed by atoms with Crippen LogP contribution in [-0.2, 0) is 6.18 Å². The second kappa shape index (κ2) is 5.48. The van der Waals surface area contributed by atoms with E-state index in [0.29, 0.717) is 0 Å². The molecule has 1 aromatic rings. The zero-order chi connectivity index (χ0) is 13.9. The van der Waals surface area contributed by atoms with Gasteiger partial charge in [0.1, 0.15) is 0 Å². The van der Waals surface area contributed by atoms with Gasteiger partial charge in [-0.15, -0.1) is 0 Å². The first kappa shape index (κ1) is 14.6. The van der Waals surface area contributed by atoms with Crippen molar-refractivity contribution >= 4 is 23.2 Å². The fraction of sp³-hybridized carbons (Fsp3) is 0.364. The first-order valence-corrected chi connectivity index (χ1v) is 5.55. The highest BCUT2D eigenvalue weighted by Crippen LogP contribution is 2.33. The summed E-state index contributed by atoms with van der Waals surface area (Å²) >= 11 is 5.74. The zero-order valence-corrected chi connectivity index (χ0v) is 10.6. The molecule has 100 valence electrons. The number of alkyl halides is 3. The molecular formula is C11H13ClF3N3. The lowest BCUT2D eigenvalue weighted by Crippen LogP contribution is -2.24. The molecule has 0 saturated heterocycles. The number of nitrogens with one attached hydrogen (secondary N) is 1. The summed E-state index contributed by atoms with van der Waals surface area (Å²) in [6.45, 7) is 3.64. The minimum atomic E-state index is -4.42. The number of anilines is 1. The van der Waals surface area contributed by atoms with Crippen molar-refractivity contribution < 1.29 is 13.2 Å². The van der Waals surface area contributed by atoms with E-state index in [1.54, 1.807) is 0 Å². The van der Waals surface area contributed by atoms with Gasteiger partial charge < -0.3 is 11.1 Å². The smallest absolute Gasteiger partial charge is 0.370 e. The Morgan fingerprint density at radius 2 is 2.00 bits per heavy atom. The van der Waals surface area contributed by atoms with Gasteiger partial charge in [0.05, 0.1) is 16.3 Å². The molecule has 0 radical (unpaired) electrons. The van der Waals surface area contributed by atoms with E-state index in [9.17, 15) is 13.2 Å². The van der Waals surface area contributed by atoms with Crippen molar-refractivity contribution in [3.8, 4) is 0 Å². The van der Waals surface area contributed by atoms with Crippen LogP contribution in [0.15, 0.2) is 23.2 Å². The number of hydrogen-bond donors (Lipinski definition) is 2. The molecule has 0 aliphatic rings. The van der Waals surface area contributed by atoms with Crippen LogP contribution in [0.1, 0.15) is 19.4 Å². The fourth-order valence-corrected chi connectivity index (χ4v) is 1.47. The Kier molecular flexibility index (Phi) is 4.45. The number of rotatable bonds is 2. The number of benzene rings is 1. The quantitative estimate of drug-likeness (QED) is 0.643. The number of halogens is 4. The maximum absolute atomic E-state index is 12.4. The number of hydrogen-bond acceptors (Lipinski definition) is 1. The molecule has 1 aromatic carbocycles. The van der Waals surface area contributed by atoms with E-state index in [2.05, 4.69) is 10.3 Å². The van der Waals surface area contributed by atoms with Gasteiger partial charge in [0.25, 0.3) is 0 Å². The Labute approximate surface area is 108 Å². The van der Waals surface area contributed by atoms with Crippen LogP contribution in [0.5, 0.6) is 0 Å². The van der Waals surface area contributed by atoms with Gasteiger partial charge in [0, 0.05) is 6.04 Å². The van der Waals surface area contributed by atoms with Crippen LogP contribution in [0.2, 0.25) is 5.02 Å². The van der Waals surface area contributed by atoms with Gasteiger partial charge in [-0.1, -0.05) is 11.6 Å². The summed E-state index contributed by atoms with van der Waals surface area (Å²) in [4.78, 5) is 3.99. The van der Waals surface area contributed by atoms with E-state index in [4.69, 9.17) is 17.3 Å². The summed E-state index contributed by atoms with van der Waals surface area (Å²) in [7, 11) is 0. The van der Waals surface area contributed by atoms with Crippen molar-refractivity contribution in [2.24, 2.45) is 10.7 Å². The van der Waals surface area contributed by atoms with Crippen molar-refractivity contribution in [1.82, 2.24) is 0 Å². The largest absolute Gasteiger partial charge is 0.416 e. The molecule has 0 atom stereocenters. The molecule has 1 rings (SSSR count). The third-order valence-electron chi connectivity index (χ3n) is 1.96. The molecule has 18 heavy (non-hydrogen) atoms. The molecule has 3 nitrogen and oxygen atoms in total. The number of nitrogens with two attached hydrogens (primary N) is 1. The van der Waals surface area contributed by atoms with E-state index in [0.717, 1.165) is 12.1 Å². The van der Waals surface area contributed by atoms with Crippen molar-refractivity contribution in [2.75, 3.05) is 5.32 Å². The Hall–Kier alpha value is -1.43. The van der Waals surface area contributed by atoms with Gasteiger partial charge in [-0.2, -0.15) is 13.2 Å². The Morgan fingerprint density at radius 1 is 1.39 bits per heavy atom. The molecule has 7 heteroatoms. The molecule has 0 amide bonds. The predicted octanol–water partition coefficient (Wildman–Crippen LogP) is 3.49. The third kappa shape index (κ3) is 4.10. The molecule has 0 fully saturated rings. The van der Waals surface area contributed by atoms with Gasteiger partial charge in [0.2, 0.25) is 0 Å². The van der Waals surface area contributed by atoms with Crippen LogP contribution in [0.25, 0.3) is 0 Å². The molecular weight excluding hydrogens is 267 g/mol.